The Morgan fingerprint density at radius 2 is 2.38 bits per heavy atom. The number of aliphatic hydroxyl groups excluding tert-OH is 1. The molecule has 0 bridgehead atoms. The standard InChI is InChI=1S/C10H12N2O/c11-7-8-3-2-6-12(8)9-4-1-5-10(9)13/h2-3,6,9-10,13H,1,4-5H2/t9-,10-/m0/s1. The number of aromatic nitrogens is 1. The zero-order chi connectivity index (χ0) is 9.26. The summed E-state index contributed by atoms with van der Waals surface area (Å²) < 4.78 is 1.89. The molecule has 13 heavy (non-hydrogen) atoms. The molecule has 1 fully saturated rings. The SMILES string of the molecule is N#Cc1cccn1[C@H]1CCC[C@@H]1O. The maximum atomic E-state index is 9.65. The van der Waals surface area contributed by atoms with Gasteiger partial charge in [0.1, 0.15) is 11.8 Å². The van der Waals surface area contributed by atoms with Gasteiger partial charge in [-0.2, -0.15) is 5.26 Å². The average Bonchev–Trinajstić information content (AvgIpc) is 2.71. The van der Waals surface area contributed by atoms with Crippen molar-refractivity contribution in [2.24, 2.45) is 0 Å². The molecule has 1 aliphatic rings. The molecule has 1 heterocycles. The van der Waals surface area contributed by atoms with Crippen LogP contribution in [0.4, 0.5) is 0 Å². The fourth-order valence-electron chi connectivity index (χ4n) is 2.02. The molecule has 1 aromatic heterocycles. The number of hydrogen-bond acceptors (Lipinski definition) is 2. The molecular weight excluding hydrogens is 164 g/mol. The van der Waals surface area contributed by atoms with E-state index in [0.29, 0.717) is 5.69 Å². The molecule has 0 spiro atoms. The molecule has 68 valence electrons. The van der Waals surface area contributed by atoms with E-state index in [0.717, 1.165) is 19.3 Å². The van der Waals surface area contributed by atoms with E-state index in [1.54, 1.807) is 6.07 Å². The van der Waals surface area contributed by atoms with E-state index in [4.69, 9.17) is 5.26 Å². The van der Waals surface area contributed by atoms with Crippen LogP contribution in [-0.4, -0.2) is 15.8 Å². The summed E-state index contributed by atoms with van der Waals surface area (Å²) >= 11 is 0. The Balaban J connectivity index is 2.30. The summed E-state index contributed by atoms with van der Waals surface area (Å²) in [5, 5.41) is 18.5. The van der Waals surface area contributed by atoms with Crippen LogP contribution in [0, 0.1) is 11.3 Å². The second-order valence-electron chi connectivity index (χ2n) is 3.48. The molecule has 1 aliphatic carbocycles. The fourth-order valence-corrected chi connectivity index (χ4v) is 2.02. The number of rotatable bonds is 1. The van der Waals surface area contributed by atoms with E-state index < -0.39 is 0 Å². The van der Waals surface area contributed by atoms with Crippen LogP contribution in [0.1, 0.15) is 31.0 Å². The minimum atomic E-state index is -0.278. The van der Waals surface area contributed by atoms with Crippen LogP contribution < -0.4 is 0 Å². The minimum Gasteiger partial charge on any atom is -0.391 e. The summed E-state index contributed by atoms with van der Waals surface area (Å²) in [7, 11) is 0. The largest absolute Gasteiger partial charge is 0.391 e. The van der Waals surface area contributed by atoms with Gasteiger partial charge in [-0.15, -0.1) is 0 Å². The molecule has 0 radical (unpaired) electrons. The van der Waals surface area contributed by atoms with Gasteiger partial charge in [0, 0.05) is 6.20 Å². The Bertz CT molecular complexity index is 337. The third-order valence-corrected chi connectivity index (χ3v) is 2.69. The number of aliphatic hydroxyl groups is 1. The molecule has 1 aromatic rings. The molecule has 3 heteroatoms. The average molecular weight is 176 g/mol. The van der Waals surface area contributed by atoms with Crippen molar-refractivity contribution in [3.05, 3.63) is 24.0 Å². The van der Waals surface area contributed by atoms with Crippen LogP contribution in [-0.2, 0) is 0 Å². The van der Waals surface area contributed by atoms with Crippen LogP contribution in [0.25, 0.3) is 0 Å². The molecule has 0 unspecified atom stereocenters. The highest BCUT2D eigenvalue weighted by Crippen LogP contribution is 2.30. The van der Waals surface area contributed by atoms with Crippen molar-refractivity contribution in [2.45, 2.75) is 31.4 Å². The van der Waals surface area contributed by atoms with Crippen molar-refractivity contribution in [3.8, 4) is 6.07 Å². The summed E-state index contributed by atoms with van der Waals surface area (Å²) in [5.41, 5.74) is 0.644. The second-order valence-corrected chi connectivity index (χ2v) is 3.48. The molecule has 0 aliphatic heterocycles. The lowest BCUT2D eigenvalue weighted by Crippen LogP contribution is -2.18. The molecule has 1 saturated carbocycles. The summed E-state index contributed by atoms with van der Waals surface area (Å²) in [6.07, 6.45) is 4.48. The summed E-state index contributed by atoms with van der Waals surface area (Å²) in [4.78, 5) is 0. The quantitative estimate of drug-likeness (QED) is 0.704. The topological polar surface area (TPSA) is 49.0 Å². The lowest BCUT2D eigenvalue weighted by atomic mass is 10.2. The Morgan fingerprint density at radius 3 is 3.00 bits per heavy atom. The smallest absolute Gasteiger partial charge is 0.120 e. The van der Waals surface area contributed by atoms with Crippen molar-refractivity contribution >= 4 is 0 Å². The lowest BCUT2D eigenvalue weighted by Gasteiger charge is -2.17. The Labute approximate surface area is 77.2 Å². The van der Waals surface area contributed by atoms with Gasteiger partial charge in [-0.25, -0.2) is 0 Å². The maximum absolute atomic E-state index is 9.65. The Kier molecular flexibility index (Phi) is 2.07. The van der Waals surface area contributed by atoms with Gasteiger partial charge in [0.25, 0.3) is 0 Å². The predicted octanol–water partition coefficient (Wildman–Crippen LogP) is 1.45. The van der Waals surface area contributed by atoms with Crippen LogP contribution in [0.3, 0.4) is 0 Å². The number of nitrogens with zero attached hydrogens (tertiary/aromatic N) is 2. The lowest BCUT2D eigenvalue weighted by molar-refractivity contribution is 0.136. The fraction of sp³-hybridized carbons (Fsp3) is 0.500. The van der Waals surface area contributed by atoms with Gasteiger partial charge < -0.3 is 9.67 Å². The summed E-state index contributed by atoms with van der Waals surface area (Å²) in [5.74, 6) is 0. The van der Waals surface area contributed by atoms with E-state index in [1.807, 2.05) is 16.8 Å². The Morgan fingerprint density at radius 1 is 1.54 bits per heavy atom. The van der Waals surface area contributed by atoms with Crippen molar-refractivity contribution < 1.29 is 5.11 Å². The van der Waals surface area contributed by atoms with Crippen LogP contribution in [0.5, 0.6) is 0 Å². The number of hydrogen-bond donors (Lipinski definition) is 1. The molecule has 0 amide bonds. The Hall–Kier alpha value is -1.27. The highest BCUT2D eigenvalue weighted by molar-refractivity contribution is 5.23. The summed E-state index contributed by atoms with van der Waals surface area (Å²) in [6, 6.07) is 5.87. The van der Waals surface area contributed by atoms with Crippen molar-refractivity contribution in [1.29, 1.82) is 5.26 Å². The van der Waals surface area contributed by atoms with E-state index in [1.165, 1.54) is 0 Å². The van der Waals surface area contributed by atoms with Gasteiger partial charge in [-0.3, -0.25) is 0 Å². The molecule has 2 atom stereocenters. The molecule has 0 aromatic carbocycles. The highest BCUT2D eigenvalue weighted by Gasteiger charge is 2.27. The van der Waals surface area contributed by atoms with Crippen LogP contribution >= 0.6 is 0 Å². The van der Waals surface area contributed by atoms with E-state index in [9.17, 15) is 5.11 Å². The molecular formula is C10H12N2O. The molecule has 2 rings (SSSR count). The minimum absolute atomic E-state index is 0.115. The van der Waals surface area contributed by atoms with E-state index >= 15 is 0 Å². The van der Waals surface area contributed by atoms with Crippen molar-refractivity contribution in [2.75, 3.05) is 0 Å². The maximum Gasteiger partial charge on any atom is 0.120 e. The van der Waals surface area contributed by atoms with Crippen LogP contribution in [0.15, 0.2) is 18.3 Å². The molecule has 1 N–H and O–H groups in total. The van der Waals surface area contributed by atoms with E-state index in [2.05, 4.69) is 6.07 Å². The summed E-state index contributed by atoms with van der Waals surface area (Å²) in [6.45, 7) is 0. The predicted molar refractivity (Wildman–Crippen MR) is 48.0 cm³/mol. The van der Waals surface area contributed by atoms with Crippen molar-refractivity contribution in [3.63, 3.8) is 0 Å². The monoisotopic (exact) mass is 176 g/mol. The number of nitriles is 1. The van der Waals surface area contributed by atoms with Crippen molar-refractivity contribution in [1.82, 2.24) is 4.57 Å². The van der Waals surface area contributed by atoms with Gasteiger partial charge in [-0.05, 0) is 31.4 Å². The molecule has 0 saturated heterocycles. The first-order chi connectivity index (χ1) is 6.33. The third-order valence-electron chi connectivity index (χ3n) is 2.69. The molecule has 3 nitrogen and oxygen atoms in total. The van der Waals surface area contributed by atoms with Gasteiger partial charge in [0.2, 0.25) is 0 Å². The van der Waals surface area contributed by atoms with Gasteiger partial charge >= 0.3 is 0 Å². The van der Waals surface area contributed by atoms with Crippen LogP contribution in [0.2, 0.25) is 0 Å². The zero-order valence-electron chi connectivity index (χ0n) is 7.35. The normalized spacial score (nSPS) is 27.4. The van der Waals surface area contributed by atoms with Gasteiger partial charge in [-0.1, -0.05) is 0 Å². The first-order valence-corrected chi connectivity index (χ1v) is 4.58. The third kappa shape index (κ3) is 1.34. The van der Waals surface area contributed by atoms with E-state index in [-0.39, 0.29) is 12.1 Å². The first kappa shape index (κ1) is 8.33. The first-order valence-electron chi connectivity index (χ1n) is 4.58. The second kappa shape index (κ2) is 3.23. The highest BCUT2D eigenvalue weighted by atomic mass is 16.3. The van der Waals surface area contributed by atoms with Gasteiger partial charge in [0.05, 0.1) is 12.1 Å². The van der Waals surface area contributed by atoms with Gasteiger partial charge in [0.15, 0.2) is 0 Å². The zero-order valence-corrected chi connectivity index (χ0v) is 7.35.